The molecule has 0 bridgehead atoms. The van der Waals surface area contributed by atoms with Gasteiger partial charge in [0.05, 0.1) is 37.4 Å². The van der Waals surface area contributed by atoms with Gasteiger partial charge >= 0.3 is 6.09 Å². The Labute approximate surface area is 189 Å². The molecule has 0 atom stereocenters. The van der Waals surface area contributed by atoms with Crippen LogP contribution in [0.3, 0.4) is 0 Å². The zero-order valence-electron chi connectivity index (χ0n) is 18.6. The van der Waals surface area contributed by atoms with Gasteiger partial charge in [-0.2, -0.15) is 0 Å². The van der Waals surface area contributed by atoms with Gasteiger partial charge in [-0.3, -0.25) is 14.5 Å². The molecule has 0 fully saturated rings. The molecule has 0 saturated heterocycles. The average Bonchev–Trinajstić information content (AvgIpc) is 3.28. The highest BCUT2D eigenvalue weighted by Crippen LogP contribution is 2.25. The monoisotopic (exact) mass is 446 g/mol. The Hall–Kier alpha value is -4.47. The summed E-state index contributed by atoms with van der Waals surface area (Å²) in [6.45, 7) is 1.90. The van der Waals surface area contributed by atoms with E-state index in [0.717, 1.165) is 22.5 Å². The maximum Gasteiger partial charge on any atom is 0.412 e. The lowest BCUT2D eigenvalue weighted by molar-refractivity contribution is 0.0992. The number of amides is 2. The summed E-state index contributed by atoms with van der Waals surface area (Å²) < 4.78 is 11.6. The van der Waals surface area contributed by atoms with Gasteiger partial charge in [-0.25, -0.2) is 19.7 Å². The summed E-state index contributed by atoms with van der Waals surface area (Å²) in [5, 5.41) is 2.51. The number of carbonyl (C=O) groups is 2. The molecule has 33 heavy (non-hydrogen) atoms. The summed E-state index contributed by atoms with van der Waals surface area (Å²) in [6.07, 6.45) is 6.08. The Morgan fingerprint density at radius 2 is 1.88 bits per heavy atom. The average molecular weight is 446 g/mol. The highest BCUT2D eigenvalue weighted by molar-refractivity contribution is 6.06. The van der Waals surface area contributed by atoms with Crippen LogP contribution in [0.1, 0.15) is 15.9 Å². The van der Waals surface area contributed by atoms with Crippen molar-refractivity contribution in [2.75, 3.05) is 31.5 Å². The zero-order valence-corrected chi connectivity index (χ0v) is 18.6. The summed E-state index contributed by atoms with van der Waals surface area (Å²) in [7, 11) is 4.51. The predicted molar refractivity (Wildman–Crippen MR) is 123 cm³/mol. The van der Waals surface area contributed by atoms with Crippen LogP contribution in [0.25, 0.3) is 16.9 Å². The van der Waals surface area contributed by atoms with Gasteiger partial charge in [-0.15, -0.1) is 0 Å². The second-order valence-corrected chi connectivity index (χ2v) is 7.22. The number of hydrogen-bond acceptors (Lipinski definition) is 7. The molecule has 1 N–H and O–H groups in total. The van der Waals surface area contributed by atoms with Gasteiger partial charge in [-0.05, 0) is 36.8 Å². The van der Waals surface area contributed by atoms with Crippen molar-refractivity contribution in [1.82, 2.24) is 19.4 Å². The number of nitrogens with zero attached hydrogens (tertiary/aromatic N) is 5. The largest absolute Gasteiger partial charge is 0.481 e. The maximum absolute atomic E-state index is 13.3. The van der Waals surface area contributed by atoms with E-state index in [0.29, 0.717) is 22.9 Å². The van der Waals surface area contributed by atoms with Gasteiger partial charge in [0, 0.05) is 37.3 Å². The molecule has 0 aliphatic heterocycles. The van der Waals surface area contributed by atoms with Gasteiger partial charge in [0.1, 0.15) is 11.5 Å². The van der Waals surface area contributed by atoms with Crippen LogP contribution in [0, 0.1) is 6.92 Å². The van der Waals surface area contributed by atoms with Crippen LogP contribution in [-0.4, -0.2) is 52.6 Å². The molecule has 10 heteroatoms. The fraction of sp³-hybridized carbons (Fsp3) is 0.174. The van der Waals surface area contributed by atoms with E-state index in [1.807, 2.05) is 17.4 Å². The first-order valence-electron chi connectivity index (χ1n) is 9.98. The Bertz CT molecular complexity index is 1330. The molecular weight excluding hydrogens is 424 g/mol. The van der Waals surface area contributed by atoms with Crippen LogP contribution in [0.15, 0.2) is 55.1 Å². The van der Waals surface area contributed by atoms with Crippen LogP contribution in [0.4, 0.5) is 16.3 Å². The van der Waals surface area contributed by atoms with Crippen LogP contribution in [0.2, 0.25) is 0 Å². The molecule has 0 aromatic carbocycles. The minimum absolute atomic E-state index is 0.191. The summed E-state index contributed by atoms with van der Waals surface area (Å²) >= 11 is 0. The Balaban J connectivity index is 1.68. The maximum atomic E-state index is 13.3. The molecule has 168 valence electrons. The van der Waals surface area contributed by atoms with E-state index in [2.05, 4.69) is 25.0 Å². The lowest BCUT2D eigenvalue weighted by Crippen LogP contribution is -2.26. The first-order valence-corrected chi connectivity index (χ1v) is 9.98. The molecule has 0 spiro atoms. The second kappa shape index (κ2) is 8.95. The number of rotatable bonds is 5. The molecule has 0 saturated carbocycles. The first kappa shape index (κ1) is 21.8. The van der Waals surface area contributed by atoms with Crippen molar-refractivity contribution in [1.29, 1.82) is 0 Å². The lowest BCUT2D eigenvalue weighted by atomic mass is 10.1. The van der Waals surface area contributed by atoms with Crippen LogP contribution < -0.4 is 15.0 Å². The third-order valence-electron chi connectivity index (χ3n) is 5.13. The molecule has 4 heterocycles. The van der Waals surface area contributed by atoms with Crippen LogP contribution in [0.5, 0.6) is 5.88 Å². The molecule has 4 aromatic heterocycles. The van der Waals surface area contributed by atoms with Crippen LogP contribution in [-0.2, 0) is 4.74 Å². The normalized spacial score (nSPS) is 10.7. The van der Waals surface area contributed by atoms with E-state index >= 15 is 0 Å². The molecule has 10 nitrogen and oxygen atoms in total. The SMILES string of the molecule is COC(=O)Nc1ccc(-c2cnc3c(C)cc(C(=O)N(C)c4ccnc(OC)c4)cn23)cn1. The number of nitrogens with one attached hydrogen (secondary N) is 1. The van der Waals surface area contributed by atoms with Crippen molar-refractivity contribution in [2.45, 2.75) is 6.92 Å². The quantitative estimate of drug-likeness (QED) is 0.499. The summed E-state index contributed by atoms with van der Waals surface area (Å²) in [5.41, 5.74) is 4.27. The number of aromatic nitrogens is 4. The number of carbonyl (C=O) groups excluding carboxylic acids is 2. The highest BCUT2D eigenvalue weighted by Gasteiger charge is 2.18. The van der Waals surface area contributed by atoms with Crippen molar-refractivity contribution in [3.8, 4) is 17.1 Å². The van der Waals surface area contributed by atoms with E-state index < -0.39 is 6.09 Å². The Kier molecular flexibility index (Phi) is 5.90. The highest BCUT2D eigenvalue weighted by atomic mass is 16.5. The Morgan fingerprint density at radius 1 is 1.06 bits per heavy atom. The molecular formula is C23H22N6O4. The van der Waals surface area contributed by atoms with Crippen molar-refractivity contribution in [2.24, 2.45) is 0 Å². The number of aryl methyl sites for hydroxylation is 1. The number of anilines is 2. The predicted octanol–water partition coefficient (Wildman–Crippen LogP) is 3.56. The van der Waals surface area contributed by atoms with Gasteiger partial charge in [-0.1, -0.05) is 0 Å². The standard InChI is InChI=1S/C23H22N6O4/c1-14-9-16(22(30)28(2)17-7-8-24-20(10-17)32-3)13-29-18(12-26-21(14)29)15-5-6-19(25-11-15)27-23(31)33-4/h5-13H,1-4H3,(H,25,27,31). The smallest absolute Gasteiger partial charge is 0.412 e. The summed E-state index contributed by atoms with van der Waals surface area (Å²) in [6, 6.07) is 8.72. The first-order chi connectivity index (χ1) is 15.9. The third-order valence-corrected chi connectivity index (χ3v) is 5.13. The second-order valence-electron chi connectivity index (χ2n) is 7.22. The number of ether oxygens (including phenoxy) is 2. The summed E-state index contributed by atoms with van der Waals surface area (Å²) in [4.78, 5) is 39.0. The van der Waals surface area contributed by atoms with E-state index in [9.17, 15) is 9.59 Å². The number of fused-ring (bicyclic) bond motifs is 1. The molecule has 0 aliphatic carbocycles. The fourth-order valence-corrected chi connectivity index (χ4v) is 3.39. The van der Waals surface area contributed by atoms with Gasteiger partial charge < -0.3 is 14.4 Å². The Morgan fingerprint density at radius 3 is 2.58 bits per heavy atom. The lowest BCUT2D eigenvalue weighted by Gasteiger charge is -2.18. The zero-order chi connectivity index (χ0) is 23.5. The number of methoxy groups -OCH3 is 2. The minimum Gasteiger partial charge on any atom is -0.481 e. The van der Waals surface area contributed by atoms with E-state index in [4.69, 9.17) is 4.74 Å². The van der Waals surface area contributed by atoms with Crippen molar-refractivity contribution in [3.05, 3.63) is 66.2 Å². The molecule has 4 rings (SSSR count). The topological polar surface area (TPSA) is 111 Å². The molecule has 4 aromatic rings. The fourth-order valence-electron chi connectivity index (χ4n) is 3.39. The number of imidazole rings is 1. The van der Waals surface area contributed by atoms with E-state index in [1.54, 1.807) is 56.1 Å². The summed E-state index contributed by atoms with van der Waals surface area (Å²) in [5.74, 6) is 0.595. The van der Waals surface area contributed by atoms with E-state index in [-0.39, 0.29) is 5.91 Å². The van der Waals surface area contributed by atoms with Gasteiger partial charge in [0.15, 0.2) is 0 Å². The van der Waals surface area contributed by atoms with Crippen molar-refractivity contribution >= 4 is 29.2 Å². The number of pyridine rings is 3. The van der Waals surface area contributed by atoms with Gasteiger partial charge in [0.2, 0.25) is 5.88 Å². The van der Waals surface area contributed by atoms with E-state index in [1.165, 1.54) is 19.1 Å². The van der Waals surface area contributed by atoms with Crippen LogP contribution >= 0.6 is 0 Å². The molecule has 0 unspecified atom stereocenters. The minimum atomic E-state index is -0.597. The van der Waals surface area contributed by atoms with Gasteiger partial charge in [0.25, 0.3) is 5.91 Å². The molecule has 0 aliphatic rings. The third kappa shape index (κ3) is 4.31. The van der Waals surface area contributed by atoms with Crippen molar-refractivity contribution < 1.29 is 19.1 Å². The number of hydrogen-bond donors (Lipinski definition) is 1. The van der Waals surface area contributed by atoms with Crippen molar-refractivity contribution in [3.63, 3.8) is 0 Å². The molecule has 2 amide bonds. The molecule has 0 radical (unpaired) electrons.